The predicted molar refractivity (Wildman–Crippen MR) is 61.1 cm³/mol. The molecule has 0 amide bonds. The Morgan fingerprint density at radius 2 is 2.11 bits per heavy atom. The van der Waals surface area contributed by atoms with E-state index in [1.54, 1.807) is 0 Å². The van der Waals surface area contributed by atoms with Gasteiger partial charge >= 0.3 is 5.97 Å². The van der Waals surface area contributed by atoms with Gasteiger partial charge in [0.1, 0.15) is 17.1 Å². The molecule has 0 bridgehead atoms. The summed E-state index contributed by atoms with van der Waals surface area (Å²) in [5.41, 5.74) is -0.0298. The van der Waals surface area contributed by atoms with Crippen molar-refractivity contribution in [3.63, 3.8) is 0 Å². The van der Waals surface area contributed by atoms with Gasteiger partial charge in [-0.25, -0.2) is 9.18 Å². The van der Waals surface area contributed by atoms with E-state index in [4.69, 9.17) is 10.2 Å². The van der Waals surface area contributed by atoms with Crippen LogP contribution >= 0.6 is 0 Å². The maximum absolute atomic E-state index is 13.5. The van der Waals surface area contributed by atoms with Crippen molar-refractivity contribution in [2.45, 2.75) is 6.42 Å². The van der Waals surface area contributed by atoms with Gasteiger partial charge in [-0.3, -0.25) is 4.98 Å². The van der Waals surface area contributed by atoms with Crippen molar-refractivity contribution in [2.24, 2.45) is 0 Å². The van der Waals surface area contributed by atoms with Crippen LogP contribution in [0.15, 0.2) is 18.3 Å². The molecule has 0 aliphatic heterocycles. The van der Waals surface area contributed by atoms with E-state index in [1.165, 1.54) is 6.07 Å². The van der Waals surface area contributed by atoms with E-state index < -0.39 is 17.5 Å². The lowest BCUT2D eigenvalue weighted by Crippen LogP contribution is -2.02. The van der Waals surface area contributed by atoms with Gasteiger partial charge in [0.15, 0.2) is 0 Å². The van der Waals surface area contributed by atoms with Gasteiger partial charge in [0.05, 0.1) is 5.52 Å². The van der Waals surface area contributed by atoms with Crippen LogP contribution < -0.4 is 0 Å². The van der Waals surface area contributed by atoms with E-state index in [9.17, 15) is 14.3 Å². The van der Waals surface area contributed by atoms with Crippen molar-refractivity contribution in [1.82, 2.24) is 4.98 Å². The van der Waals surface area contributed by atoms with Gasteiger partial charge in [0.2, 0.25) is 0 Å². The number of nitrogens with zero attached hydrogens (tertiary/aromatic N) is 1. The fourth-order valence-corrected chi connectivity index (χ4v) is 1.79. The van der Waals surface area contributed by atoms with Gasteiger partial charge < -0.3 is 15.3 Å². The Bertz CT molecular complexity index is 627. The molecule has 18 heavy (non-hydrogen) atoms. The largest absolute Gasteiger partial charge is 0.506 e. The van der Waals surface area contributed by atoms with Gasteiger partial charge in [-0.05, 0) is 12.1 Å². The minimum absolute atomic E-state index is 0.0437. The third kappa shape index (κ3) is 1.86. The number of aliphatic hydroxyl groups excluding tert-OH is 1. The van der Waals surface area contributed by atoms with Crippen LogP contribution in [0.25, 0.3) is 10.9 Å². The summed E-state index contributed by atoms with van der Waals surface area (Å²) in [6.45, 7) is -0.265. The van der Waals surface area contributed by atoms with Crippen molar-refractivity contribution < 1.29 is 24.5 Å². The van der Waals surface area contributed by atoms with Crippen LogP contribution in [-0.4, -0.2) is 32.9 Å². The Kier molecular flexibility index (Phi) is 3.12. The molecule has 3 N–H and O–H groups in total. The molecule has 0 unspecified atom stereocenters. The molecular weight excluding hydrogens is 241 g/mol. The molecule has 0 saturated carbocycles. The molecule has 0 aliphatic rings. The summed E-state index contributed by atoms with van der Waals surface area (Å²) >= 11 is 0. The van der Waals surface area contributed by atoms with Crippen LogP contribution in [0.1, 0.15) is 15.9 Å². The fraction of sp³-hybridized carbons (Fsp3) is 0.167. The topological polar surface area (TPSA) is 90.7 Å². The maximum atomic E-state index is 13.5. The average molecular weight is 251 g/mol. The van der Waals surface area contributed by atoms with E-state index in [-0.39, 0.29) is 35.1 Å². The standard InChI is InChI=1S/C12H10FNO4/c13-9-2-1-7-10(6(9)3-4-15)14-5-8(11(7)16)12(17)18/h1-2,5,15H,3-4H2,(H,14,16)(H,17,18). The van der Waals surface area contributed by atoms with Crippen molar-refractivity contribution in [3.8, 4) is 5.75 Å². The minimum atomic E-state index is -1.31. The van der Waals surface area contributed by atoms with E-state index >= 15 is 0 Å². The van der Waals surface area contributed by atoms with Crippen LogP contribution in [0.3, 0.4) is 0 Å². The van der Waals surface area contributed by atoms with E-state index in [1.807, 2.05) is 0 Å². The van der Waals surface area contributed by atoms with E-state index in [0.29, 0.717) is 0 Å². The summed E-state index contributed by atoms with van der Waals surface area (Å²) in [6.07, 6.45) is 1.02. The van der Waals surface area contributed by atoms with Crippen LogP contribution in [0, 0.1) is 5.82 Å². The summed E-state index contributed by atoms with van der Waals surface area (Å²) in [6, 6.07) is 2.38. The molecule has 2 aromatic rings. The van der Waals surface area contributed by atoms with E-state index in [2.05, 4.69) is 4.98 Å². The lowest BCUT2D eigenvalue weighted by Gasteiger charge is -2.08. The third-order valence-electron chi connectivity index (χ3n) is 2.65. The lowest BCUT2D eigenvalue weighted by molar-refractivity contribution is 0.0693. The second kappa shape index (κ2) is 4.58. The normalized spacial score (nSPS) is 10.8. The third-order valence-corrected chi connectivity index (χ3v) is 2.65. The molecular formula is C12H10FNO4. The number of aromatic hydroxyl groups is 1. The molecule has 5 nitrogen and oxygen atoms in total. The molecule has 6 heteroatoms. The highest BCUT2D eigenvalue weighted by molar-refractivity contribution is 5.99. The first kappa shape index (κ1) is 12.3. The van der Waals surface area contributed by atoms with Gasteiger partial charge in [-0.15, -0.1) is 0 Å². The number of hydrogen-bond donors (Lipinski definition) is 3. The first-order chi connectivity index (χ1) is 8.56. The van der Waals surface area contributed by atoms with E-state index in [0.717, 1.165) is 12.3 Å². The molecule has 94 valence electrons. The van der Waals surface area contributed by atoms with Crippen LogP contribution in [0.5, 0.6) is 5.75 Å². The van der Waals surface area contributed by atoms with Gasteiger partial charge in [0.25, 0.3) is 0 Å². The molecule has 0 saturated heterocycles. The quantitative estimate of drug-likeness (QED) is 0.765. The molecule has 1 aromatic heterocycles. The maximum Gasteiger partial charge on any atom is 0.341 e. The second-order valence-electron chi connectivity index (χ2n) is 3.72. The highest BCUT2D eigenvalue weighted by atomic mass is 19.1. The van der Waals surface area contributed by atoms with Gasteiger partial charge in [0, 0.05) is 30.2 Å². The average Bonchev–Trinajstić information content (AvgIpc) is 2.33. The van der Waals surface area contributed by atoms with Crippen molar-refractivity contribution in [2.75, 3.05) is 6.61 Å². The number of hydrogen-bond acceptors (Lipinski definition) is 4. The number of halogens is 1. The highest BCUT2D eigenvalue weighted by Crippen LogP contribution is 2.30. The molecule has 0 fully saturated rings. The minimum Gasteiger partial charge on any atom is -0.506 e. The first-order valence-electron chi connectivity index (χ1n) is 5.19. The predicted octanol–water partition coefficient (Wildman–Crippen LogP) is 1.31. The number of aromatic carboxylic acids is 1. The summed E-state index contributed by atoms with van der Waals surface area (Å²) < 4.78 is 13.5. The smallest absolute Gasteiger partial charge is 0.341 e. The molecule has 2 rings (SSSR count). The van der Waals surface area contributed by atoms with Crippen molar-refractivity contribution in [1.29, 1.82) is 0 Å². The summed E-state index contributed by atoms with van der Waals surface area (Å²) in [7, 11) is 0. The Balaban J connectivity index is 2.77. The Hall–Kier alpha value is -2.21. The SMILES string of the molecule is O=C(O)c1cnc2c(CCO)c(F)ccc2c1O. The van der Waals surface area contributed by atoms with Crippen LogP contribution in [-0.2, 0) is 6.42 Å². The van der Waals surface area contributed by atoms with Crippen LogP contribution in [0.4, 0.5) is 4.39 Å². The van der Waals surface area contributed by atoms with Crippen molar-refractivity contribution >= 4 is 16.9 Å². The Morgan fingerprint density at radius 1 is 1.39 bits per heavy atom. The zero-order chi connectivity index (χ0) is 13.3. The number of rotatable bonds is 3. The molecule has 1 heterocycles. The number of aliphatic hydroxyl groups is 1. The number of pyridine rings is 1. The molecule has 0 atom stereocenters. The van der Waals surface area contributed by atoms with Crippen molar-refractivity contribution in [3.05, 3.63) is 35.3 Å². The Labute approximate surface area is 101 Å². The first-order valence-corrected chi connectivity index (χ1v) is 5.19. The number of carboxylic acids is 1. The summed E-state index contributed by atoms with van der Waals surface area (Å²) in [5, 5.41) is 27.7. The number of benzene rings is 1. The lowest BCUT2D eigenvalue weighted by atomic mass is 10.0. The highest BCUT2D eigenvalue weighted by Gasteiger charge is 2.17. The number of carboxylic acid groups (broad SMARTS) is 1. The monoisotopic (exact) mass is 251 g/mol. The summed E-state index contributed by atoms with van der Waals surface area (Å²) in [4.78, 5) is 14.7. The van der Waals surface area contributed by atoms with Gasteiger partial charge in [-0.2, -0.15) is 0 Å². The zero-order valence-corrected chi connectivity index (χ0v) is 9.22. The molecule has 1 aromatic carbocycles. The zero-order valence-electron chi connectivity index (χ0n) is 9.22. The number of carbonyl (C=O) groups is 1. The second-order valence-corrected chi connectivity index (χ2v) is 3.72. The Morgan fingerprint density at radius 3 is 2.72 bits per heavy atom. The fourth-order valence-electron chi connectivity index (χ4n) is 1.79. The molecule has 0 radical (unpaired) electrons. The van der Waals surface area contributed by atoms with Gasteiger partial charge in [-0.1, -0.05) is 0 Å². The molecule has 0 aliphatic carbocycles. The summed E-state index contributed by atoms with van der Waals surface area (Å²) in [5.74, 6) is -2.31. The number of aromatic nitrogens is 1. The number of fused-ring (bicyclic) bond motifs is 1. The molecule has 0 spiro atoms. The van der Waals surface area contributed by atoms with Crippen LogP contribution in [0.2, 0.25) is 0 Å².